The molecule has 2 heterocycles. The topological polar surface area (TPSA) is 99.5 Å². The SMILES string of the molecule is CCNC(=O)C(C)(C)CNC(=NCc1nnc(C)n1C)NCC1CCCN1CC.I. The van der Waals surface area contributed by atoms with Gasteiger partial charge in [-0.1, -0.05) is 6.92 Å². The summed E-state index contributed by atoms with van der Waals surface area (Å²) in [7, 11) is 1.94. The van der Waals surface area contributed by atoms with Crippen molar-refractivity contribution in [3.8, 4) is 0 Å². The number of carbonyl (C=O) groups excluding carboxylic acids is 1. The van der Waals surface area contributed by atoms with E-state index < -0.39 is 5.41 Å². The fourth-order valence-electron chi connectivity index (χ4n) is 3.45. The third kappa shape index (κ3) is 7.36. The van der Waals surface area contributed by atoms with Crippen LogP contribution in [0, 0.1) is 12.3 Å². The number of aromatic nitrogens is 3. The predicted molar refractivity (Wildman–Crippen MR) is 131 cm³/mol. The van der Waals surface area contributed by atoms with Crippen molar-refractivity contribution in [2.75, 3.05) is 32.7 Å². The Morgan fingerprint density at radius 3 is 2.57 bits per heavy atom. The number of hydrogen-bond donors (Lipinski definition) is 3. The van der Waals surface area contributed by atoms with Gasteiger partial charge in [0.15, 0.2) is 11.8 Å². The molecule has 1 aliphatic rings. The summed E-state index contributed by atoms with van der Waals surface area (Å²) in [5.74, 6) is 2.40. The van der Waals surface area contributed by atoms with Gasteiger partial charge in [0, 0.05) is 32.7 Å². The minimum absolute atomic E-state index is 0. The number of halogens is 1. The van der Waals surface area contributed by atoms with Gasteiger partial charge in [0.2, 0.25) is 5.91 Å². The van der Waals surface area contributed by atoms with Gasteiger partial charge >= 0.3 is 0 Å². The molecule has 1 aromatic rings. The average molecular weight is 534 g/mol. The summed E-state index contributed by atoms with van der Waals surface area (Å²) < 4.78 is 1.94. The first-order valence-corrected chi connectivity index (χ1v) is 10.7. The lowest BCUT2D eigenvalue weighted by Crippen LogP contribution is -2.50. The van der Waals surface area contributed by atoms with Gasteiger partial charge in [-0.05, 0) is 53.6 Å². The highest BCUT2D eigenvalue weighted by molar-refractivity contribution is 14.0. The molecule has 0 aliphatic carbocycles. The number of aryl methyl sites for hydroxylation is 1. The number of aliphatic imine (C=N–C) groups is 1. The fourth-order valence-corrected chi connectivity index (χ4v) is 3.45. The van der Waals surface area contributed by atoms with E-state index in [2.05, 4.69) is 38.0 Å². The molecule has 0 radical (unpaired) electrons. The van der Waals surface area contributed by atoms with E-state index in [1.54, 1.807) is 0 Å². The van der Waals surface area contributed by atoms with E-state index in [1.165, 1.54) is 12.8 Å². The highest BCUT2D eigenvalue weighted by atomic mass is 127. The van der Waals surface area contributed by atoms with Crippen LogP contribution in [-0.2, 0) is 18.4 Å². The van der Waals surface area contributed by atoms with Gasteiger partial charge in [0.1, 0.15) is 12.4 Å². The summed E-state index contributed by atoms with van der Waals surface area (Å²) in [6.07, 6.45) is 2.43. The van der Waals surface area contributed by atoms with Crippen LogP contribution in [0.5, 0.6) is 0 Å². The molecule has 9 nitrogen and oxygen atoms in total. The Morgan fingerprint density at radius 2 is 1.97 bits per heavy atom. The summed E-state index contributed by atoms with van der Waals surface area (Å²) in [5, 5.41) is 18.0. The third-order valence-electron chi connectivity index (χ3n) is 5.62. The number of likely N-dealkylation sites (tertiary alicyclic amines) is 1. The number of nitrogens with zero attached hydrogens (tertiary/aromatic N) is 5. The van der Waals surface area contributed by atoms with E-state index >= 15 is 0 Å². The van der Waals surface area contributed by atoms with Crippen molar-refractivity contribution in [2.24, 2.45) is 17.5 Å². The van der Waals surface area contributed by atoms with Crippen molar-refractivity contribution in [2.45, 2.75) is 60.0 Å². The number of amides is 1. The molecular formula is C20H39IN8O. The van der Waals surface area contributed by atoms with Gasteiger partial charge in [-0.2, -0.15) is 0 Å². The maximum atomic E-state index is 12.3. The minimum Gasteiger partial charge on any atom is -0.356 e. The zero-order chi connectivity index (χ0) is 21.4. The number of carbonyl (C=O) groups is 1. The zero-order valence-electron chi connectivity index (χ0n) is 19.3. The smallest absolute Gasteiger partial charge is 0.227 e. The highest BCUT2D eigenvalue weighted by Gasteiger charge is 2.28. The average Bonchev–Trinajstić information content (AvgIpc) is 3.28. The molecule has 1 aliphatic heterocycles. The second kappa shape index (κ2) is 12.4. The number of likely N-dealkylation sites (N-methyl/N-ethyl adjacent to an activating group) is 1. The third-order valence-corrected chi connectivity index (χ3v) is 5.62. The van der Waals surface area contributed by atoms with Crippen LogP contribution in [-0.4, -0.2) is 70.3 Å². The Balaban J connectivity index is 0.00000450. The molecule has 1 aromatic heterocycles. The standard InChI is InChI=1S/C20H38N8O.HI/c1-7-21-18(29)20(4,5)14-24-19(22-12-16-10-9-11-28(16)8-2)23-13-17-26-25-15(3)27(17)6;/h16H,7-14H2,1-6H3,(H,21,29)(H2,22,23,24);1H. The molecule has 1 fully saturated rings. The first kappa shape index (κ1) is 26.6. The lowest BCUT2D eigenvalue weighted by atomic mass is 9.92. The van der Waals surface area contributed by atoms with E-state index in [9.17, 15) is 4.79 Å². The first-order chi connectivity index (χ1) is 13.8. The molecule has 1 amide bonds. The van der Waals surface area contributed by atoms with Crippen LogP contribution < -0.4 is 16.0 Å². The maximum absolute atomic E-state index is 12.3. The molecule has 172 valence electrons. The summed E-state index contributed by atoms with van der Waals surface area (Å²) in [5.41, 5.74) is -0.539. The zero-order valence-corrected chi connectivity index (χ0v) is 21.6. The van der Waals surface area contributed by atoms with E-state index in [1.807, 2.05) is 39.3 Å². The van der Waals surface area contributed by atoms with Crippen molar-refractivity contribution < 1.29 is 4.79 Å². The maximum Gasteiger partial charge on any atom is 0.227 e. The van der Waals surface area contributed by atoms with Crippen LogP contribution in [0.2, 0.25) is 0 Å². The second-order valence-corrected chi connectivity index (χ2v) is 8.29. The lowest BCUT2D eigenvalue weighted by molar-refractivity contribution is -0.128. The van der Waals surface area contributed by atoms with Crippen LogP contribution in [0.25, 0.3) is 0 Å². The van der Waals surface area contributed by atoms with Crippen molar-refractivity contribution in [1.82, 2.24) is 35.6 Å². The van der Waals surface area contributed by atoms with Crippen LogP contribution in [0.1, 0.15) is 52.2 Å². The van der Waals surface area contributed by atoms with Gasteiger partial charge in [0.25, 0.3) is 0 Å². The Hall–Kier alpha value is -1.43. The van der Waals surface area contributed by atoms with Crippen molar-refractivity contribution in [3.63, 3.8) is 0 Å². The normalized spacial score (nSPS) is 17.5. The van der Waals surface area contributed by atoms with E-state index in [0.29, 0.717) is 31.6 Å². The van der Waals surface area contributed by atoms with Crippen molar-refractivity contribution in [3.05, 3.63) is 11.6 Å². The molecule has 0 saturated carbocycles. The highest BCUT2D eigenvalue weighted by Crippen LogP contribution is 2.16. The molecule has 0 spiro atoms. The quantitative estimate of drug-likeness (QED) is 0.252. The Kier molecular flexibility index (Phi) is 11.0. The lowest BCUT2D eigenvalue weighted by Gasteiger charge is -2.27. The molecule has 2 rings (SSSR count). The number of guanidine groups is 1. The van der Waals surface area contributed by atoms with E-state index in [-0.39, 0.29) is 29.9 Å². The van der Waals surface area contributed by atoms with Gasteiger partial charge in [0.05, 0.1) is 5.41 Å². The van der Waals surface area contributed by atoms with Crippen LogP contribution in [0.15, 0.2) is 4.99 Å². The number of rotatable bonds is 9. The predicted octanol–water partition coefficient (Wildman–Crippen LogP) is 1.42. The molecule has 3 N–H and O–H groups in total. The van der Waals surface area contributed by atoms with Crippen LogP contribution in [0.3, 0.4) is 0 Å². The van der Waals surface area contributed by atoms with Crippen LogP contribution >= 0.6 is 24.0 Å². The summed E-state index contributed by atoms with van der Waals surface area (Å²) in [6.45, 7) is 14.5. The molecule has 0 bridgehead atoms. The summed E-state index contributed by atoms with van der Waals surface area (Å²) in [4.78, 5) is 19.5. The number of nitrogens with one attached hydrogen (secondary N) is 3. The number of hydrogen-bond acceptors (Lipinski definition) is 5. The van der Waals surface area contributed by atoms with Crippen molar-refractivity contribution in [1.29, 1.82) is 0 Å². The molecular weight excluding hydrogens is 495 g/mol. The Bertz CT molecular complexity index is 703. The fraction of sp³-hybridized carbons (Fsp3) is 0.800. The molecule has 30 heavy (non-hydrogen) atoms. The summed E-state index contributed by atoms with van der Waals surface area (Å²) in [6, 6.07) is 0.514. The molecule has 10 heteroatoms. The van der Waals surface area contributed by atoms with Gasteiger partial charge < -0.3 is 20.5 Å². The monoisotopic (exact) mass is 534 g/mol. The molecule has 1 unspecified atom stereocenters. The second-order valence-electron chi connectivity index (χ2n) is 8.29. The Morgan fingerprint density at radius 1 is 1.23 bits per heavy atom. The largest absolute Gasteiger partial charge is 0.356 e. The first-order valence-electron chi connectivity index (χ1n) is 10.7. The van der Waals surface area contributed by atoms with Gasteiger partial charge in [-0.25, -0.2) is 4.99 Å². The molecule has 1 atom stereocenters. The van der Waals surface area contributed by atoms with Gasteiger partial charge in [-0.15, -0.1) is 34.2 Å². The Labute approximate surface area is 197 Å². The minimum atomic E-state index is -0.539. The molecule has 1 saturated heterocycles. The molecule has 0 aromatic carbocycles. The van der Waals surface area contributed by atoms with E-state index in [0.717, 1.165) is 31.3 Å². The van der Waals surface area contributed by atoms with Crippen molar-refractivity contribution >= 4 is 35.8 Å². The van der Waals surface area contributed by atoms with Crippen LogP contribution in [0.4, 0.5) is 0 Å². The van der Waals surface area contributed by atoms with Gasteiger partial charge in [-0.3, -0.25) is 9.69 Å². The summed E-state index contributed by atoms with van der Waals surface area (Å²) >= 11 is 0. The van der Waals surface area contributed by atoms with E-state index in [4.69, 9.17) is 4.99 Å².